The molecule has 0 spiro atoms. The Morgan fingerprint density at radius 2 is 1.50 bits per heavy atom. The van der Waals surface area contributed by atoms with Crippen molar-refractivity contribution in [3.8, 4) is 0 Å². The Hall–Kier alpha value is -2.74. The van der Waals surface area contributed by atoms with Crippen LogP contribution in [0.2, 0.25) is 0 Å². The lowest BCUT2D eigenvalue weighted by Crippen LogP contribution is -2.40. The summed E-state index contributed by atoms with van der Waals surface area (Å²) in [4.78, 5) is 4.96. The minimum atomic E-state index is 0.0156. The highest BCUT2D eigenvalue weighted by Crippen LogP contribution is 2.47. The topological polar surface area (TPSA) is 6.48 Å². The van der Waals surface area contributed by atoms with Crippen LogP contribution in [0.25, 0.3) is 0 Å². The Labute approximate surface area is 207 Å². The molecule has 34 heavy (non-hydrogen) atoms. The smallest absolute Gasteiger partial charge is 0.0568 e. The summed E-state index contributed by atoms with van der Waals surface area (Å²) in [6.07, 6.45) is 13.8. The van der Waals surface area contributed by atoms with Crippen LogP contribution in [0.5, 0.6) is 0 Å². The summed E-state index contributed by atoms with van der Waals surface area (Å²) in [7, 11) is 2.18. The van der Waals surface area contributed by atoms with Crippen molar-refractivity contribution in [3.63, 3.8) is 0 Å². The molecular weight excluding hydrogens is 412 g/mol. The first-order valence-electron chi connectivity index (χ1n) is 12.9. The third-order valence-electron chi connectivity index (χ3n) is 7.87. The van der Waals surface area contributed by atoms with E-state index in [1.165, 1.54) is 41.0 Å². The second-order valence-corrected chi connectivity index (χ2v) is 11.4. The summed E-state index contributed by atoms with van der Waals surface area (Å²) >= 11 is 0. The fourth-order valence-electron chi connectivity index (χ4n) is 5.92. The summed E-state index contributed by atoms with van der Waals surface area (Å²) < 4.78 is 0. The van der Waals surface area contributed by atoms with Gasteiger partial charge in [0.05, 0.1) is 6.04 Å². The minimum absolute atomic E-state index is 0.0156. The minimum Gasteiger partial charge on any atom is -0.364 e. The Morgan fingerprint density at radius 3 is 2.18 bits per heavy atom. The zero-order chi connectivity index (χ0) is 24.5. The molecule has 1 atom stereocenters. The molecule has 2 aliphatic heterocycles. The lowest BCUT2D eigenvalue weighted by molar-refractivity contribution is 0.462. The largest absolute Gasteiger partial charge is 0.364 e. The van der Waals surface area contributed by atoms with E-state index >= 15 is 0 Å². The first-order chi connectivity index (χ1) is 16.2. The molecule has 0 saturated carbocycles. The molecule has 2 heteroatoms. The van der Waals surface area contributed by atoms with E-state index in [4.69, 9.17) is 0 Å². The molecule has 0 saturated heterocycles. The van der Waals surface area contributed by atoms with Gasteiger partial charge in [0, 0.05) is 41.5 Å². The summed E-state index contributed by atoms with van der Waals surface area (Å²) in [5, 5.41) is 0. The van der Waals surface area contributed by atoms with Crippen molar-refractivity contribution in [1.29, 1.82) is 0 Å². The molecule has 0 amide bonds. The van der Waals surface area contributed by atoms with Gasteiger partial charge < -0.3 is 9.80 Å². The number of rotatable bonds is 7. The number of anilines is 2. The molecule has 0 aliphatic carbocycles. The number of nitrogens with zero attached hydrogens (tertiary/aromatic N) is 2. The van der Waals surface area contributed by atoms with Crippen LogP contribution in [0.4, 0.5) is 11.4 Å². The van der Waals surface area contributed by atoms with Gasteiger partial charge in [0.1, 0.15) is 0 Å². The van der Waals surface area contributed by atoms with Crippen LogP contribution in [0.3, 0.4) is 0 Å². The fraction of sp³-hybridized carbons (Fsp3) is 0.438. The van der Waals surface area contributed by atoms with E-state index < -0.39 is 0 Å². The van der Waals surface area contributed by atoms with Gasteiger partial charge in [-0.2, -0.15) is 0 Å². The standard InChI is InChI=1S/C32H42N2/c1-24(2)16-15-23-34-28-20-14-12-18-26(28)32(5,6)30(34)22-10-8-9-21-29-31(3,4)25-17-11-13-19-27(25)33(29)7/h8-14,17-22,24,30H,15-16,23H2,1-7H3/b9-8+,22-10+,29-21+. The number of fused-ring (bicyclic) bond motifs is 2. The maximum absolute atomic E-state index is 2.63. The van der Waals surface area contributed by atoms with Crippen molar-refractivity contribution in [3.05, 3.63) is 95.7 Å². The Balaban J connectivity index is 1.53. The van der Waals surface area contributed by atoms with Crippen molar-refractivity contribution in [1.82, 2.24) is 0 Å². The number of allylic oxidation sites excluding steroid dienone is 5. The van der Waals surface area contributed by atoms with Crippen LogP contribution in [0.15, 0.2) is 84.6 Å². The molecule has 4 rings (SSSR count). The third kappa shape index (κ3) is 4.35. The molecule has 0 radical (unpaired) electrons. The lowest BCUT2D eigenvalue weighted by atomic mass is 9.80. The van der Waals surface area contributed by atoms with E-state index in [1.54, 1.807) is 0 Å². The first kappa shape index (κ1) is 24.4. The van der Waals surface area contributed by atoms with Gasteiger partial charge in [-0.05, 0) is 48.1 Å². The molecule has 2 aliphatic rings. The molecule has 1 unspecified atom stereocenters. The van der Waals surface area contributed by atoms with Crippen molar-refractivity contribution in [2.75, 3.05) is 23.4 Å². The van der Waals surface area contributed by atoms with E-state index in [2.05, 4.69) is 137 Å². The zero-order valence-electron chi connectivity index (χ0n) is 22.2. The summed E-state index contributed by atoms with van der Waals surface area (Å²) in [6.45, 7) is 15.2. The average Bonchev–Trinajstić information content (AvgIpc) is 3.13. The van der Waals surface area contributed by atoms with Gasteiger partial charge in [0.25, 0.3) is 0 Å². The molecule has 2 nitrogen and oxygen atoms in total. The van der Waals surface area contributed by atoms with Gasteiger partial charge >= 0.3 is 0 Å². The molecule has 2 aromatic rings. The van der Waals surface area contributed by atoms with Gasteiger partial charge in [-0.25, -0.2) is 0 Å². The van der Waals surface area contributed by atoms with Gasteiger partial charge in [0.2, 0.25) is 0 Å². The van der Waals surface area contributed by atoms with Crippen LogP contribution in [-0.2, 0) is 10.8 Å². The van der Waals surface area contributed by atoms with E-state index in [0.29, 0.717) is 6.04 Å². The molecule has 2 aromatic carbocycles. The Bertz CT molecular complexity index is 1100. The molecule has 0 bridgehead atoms. The highest BCUT2D eigenvalue weighted by molar-refractivity contribution is 5.70. The number of benzene rings is 2. The average molecular weight is 455 g/mol. The molecule has 0 fully saturated rings. The molecule has 0 N–H and O–H groups in total. The molecule has 180 valence electrons. The van der Waals surface area contributed by atoms with E-state index in [1.807, 2.05) is 0 Å². The number of hydrogen-bond acceptors (Lipinski definition) is 2. The van der Waals surface area contributed by atoms with Crippen molar-refractivity contribution in [2.24, 2.45) is 5.92 Å². The Kier molecular flexibility index (Phi) is 6.80. The van der Waals surface area contributed by atoms with Crippen molar-refractivity contribution in [2.45, 2.75) is 71.3 Å². The predicted octanol–water partition coefficient (Wildman–Crippen LogP) is 8.01. The summed E-state index contributed by atoms with van der Waals surface area (Å²) in [5.74, 6) is 0.750. The monoisotopic (exact) mass is 454 g/mol. The van der Waals surface area contributed by atoms with E-state index in [9.17, 15) is 0 Å². The number of hydrogen-bond donors (Lipinski definition) is 0. The Morgan fingerprint density at radius 1 is 0.853 bits per heavy atom. The van der Waals surface area contributed by atoms with Crippen molar-refractivity contribution < 1.29 is 0 Å². The maximum Gasteiger partial charge on any atom is 0.0568 e. The SMILES string of the molecule is CC(C)CCCN1c2ccccc2C(C)(C)C1/C=C/C=C/C=C1/N(C)c2ccccc2C1(C)C. The van der Waals surface area contributed by atoms with E-state index in [0.717, 1.165) is 12.5 Å². The van der Waals surface area contributed by atoms with Crippen LogP contribution >= 0.6 is 0 Å². The number of para-hydroxylation sites is 2. The molecular formula is C32H42N2. The molecule has 2 heterocycles. The first-order valence-corrected chi connectivity index (χ1v) is 12.9. The van der Waals surface area contributed by atoms with Gasteiger partial charge in [-0.3, -0.25) is 0 Å². The third-order valence-corrected chi connectivity index (χ3v) is 7.87. The highest BCUT2D eigenvalue weighted by Gasteiger charge is 2.42. The van der Waals surface area contributed by atoms with Crippen LogP contribution in [-0.4, -0.2) is 19.6 Å². The number of likely N-dealkylation sites (N-methyl/N-ethyl adjacent to an activating group) is 1. The van der Waals surface area contributed by atoms with Crippen LogP contribution < -0.4 is 9.80 Å². The van der Waals surface area contributed by atoms with Crippen molar-refractivity contribution >= 4 is 11.4 Å². The highest BCUT2D eigenvalue weighted by atomic mass is 15.2. The zero-order valence-corrected chi connectivity index (χ0v) is 22.2. The summed E-state index contributed by atoms with van der Waals surface area (Å²) in [5.41, 5.74) is 7.02. The molecule has 0 aromatic heterocycles. The predicted molar refractivity (Wildman–Crippen MR) is 149 cm³/mol. The van der Waals surface area contributed by atoms with Crippen LogP contribution in [0.1, 0.15) is 65.5 Å². The maximum atomic E-state index is 2.63. The van der Waals surface area contributed by atoms with Gasteiger partial charge in [-0.1, -0.05) is 102 Å². The second-order valence-electron chi connectivity index (χ2n) is 11.4. The lowest BCUT2D eigenvalue weighted by Gasteiger charge is -2.32. The quantitative estimate of drug-likeness (QED) is 0.391. The fourth-order valence-corrected chi connectivity index (χ4v) is 5.92. The van der Waals surface area contributed by atoms with Gasteiger partial charge in [-0.15, -0.1) is 0 Å². The van der Waals surface area contributed by atoms with Gasteiger partial charge in [0.15, 0.2) is 0 Å². The second kappa shape index (κ2) is 9.49. The summed E-state index contributed by atoms with van der Waals surface area (Å²) in [6, 6.07) is 18.1. The normalized spacial score (nSPS) is 21.9. The van der Waals surface area contributed by atoms with Crippen LogP contribution in [0, 0.1) is 5.92 Å². The van der Waals surface area contributed by atoms with E-state index in [-0.39, 0.29) is 10.8 Å².